The Morgan fingerprint density at radius 3 is 2.70 bits per heavy atom. The Kier molecular flexibility index (Phi) is 4.50. The summed E-state index contributed by atoms with van der Waals surface area (Å²) in [5, 5.41) is 7.68. The highest BCUT2D eigenvalue weighted by molar-refractivity contribution is 5.47. The number of rotatable bonds is 6. The van der Waals surface area contributed by atoms with Crippen LogP contribution in [0.4, 0.5) is 5.69 Å². The van der Waals surface area contributed by atoms with Crippen LogP contribution in [0.5, 0.6) is 11.5 Å². The molecule has 0 saturated heterocycles. The maximum Gasteiger partial charge on any atom is 0.127 e. The van der Waals surface area contributed by atoms with Gasteiger partial charge in [-0.2, -0.15) is 5.10 Å². The van der Waals surface area contributed by atoms with Gasteiger partial charge >= 0.3 is 0 Å². The Morgan fingerprint density at radius 2 is 2.10 bits per heavy atom. The van der Waals surface area contributed by atoms with Gasteiger partial charge in [-0.3, -0.25) is 4.68 Å². The van der Waals surface area contributed by atoms with Crippen molar-refractivity contribution in [1.29, 1.82) is 0 Å². The van der Waals surface area contributed by atoms with Crippen molar-refractivity contribution in [2.45, 2.75) is 26.4 Å². The zero-order valence-electron chi connectivity index (χ0n) is 12.4. The summed E-state index contributed by atoms with van der Waals surface area (Å²) >= 11 is 0. The quantitative estimate of drug-likeness (QED) is 0.880. The second kappa shape index (κ2) is 6.32. The van der Waals surface area contributed by atoms with Crippen LogP contribution in [0.1, 0.15) is 25.5 Å². The standard InChI is InChI=1S/C15H21N3O2/c1-5-18-10-12(9-16-18)17-11(2)14-7-6-13(19-3)8-15(14)20-4/h6-11,17H,5H2,1-4H3. The Labute approximate surface area is 119 Å². The fourth-order valence-corrected chi connectivity index (χ4v) is 2.11. The number of hydrogen-bond donors (Lipinski definition) is 1. The summed E-state index contributed by atoms with van der Waals surface area (Å²) in [5.74, 6) is 1.60. The summed E-state index contributed by atoms with van der Waals surface area (Å²) in [6.45, 7) is 5.02. The molecule has 1 N–H and O–H groups in total. The Hall–Kier alpha value is -2.17. The first-order valence-corrected chi connectivity index (χ1v) is 6.68. The van der Waals surface area contributed by atoms with Crippen molar-refractivity contribution in [3.63, 3.8) is 0 Å². The van der Waals surface area contributed by atoms with Gasteiger partial charge in [-0.15, -0.1) is 0 Å². The van der Waals surface area contributed by atoms with E-state index in [0.29, 0.717) is 0 Å². The van der Waals surface area contributed by atoms with Crippen molar-refractivity contribution >= 4 is 5.69 Å². The van der Waals surface area contributed by atoms with Crippen molar-refractivity contribution < 1.29 is 9.47 Å². The molecule has 0 radical (unpaired) electrons. The first-order valence-electron chi connectivity index (χ1n) is 6.68. The first-order chi connectivity index (χ1) is 9.67. The number of methoxy groups -OCH3 is 2. The summed E-state index contributed by atoms with van der Waals surface area (Å²) in [6.07, 6.45) is 3.82. The molecule has 1 aromatic carbocycles. The maximum atomic E-state index is 5.43. The molecule has 0 bridgehead atoms. The van der Waals surface area contributed by atoms with E-state index < -0.39 is 0 Å². The molecule has 1 aromatic heterocycles. The molecule has 0 amide bonds. The van der Waals surface area contributed by atoms with Crippen LogP contribution in [0.15, 0.2) is 30.6 Å². The van der Waals surface area contributed by atoms with Gasteiger partial charge in [-0.1, -0.05) is 0 Å². The highest BCUT2D eigenvalue weighted by Crippen LogP contribution is 2.31. The lowest BCUT2D eigenvalue weighted by atomic mass is 10.1. The summed E-state index contributed by atoms with van der Waals surface area (Å²) in [5.41, 5.74) is 2.08. The second-order valence-electron chi connectivity index (χ2n) is 4.56. The van der Waals surface area contributed by atoms with Gasteiger partial charge < -0.3 is 14.8 Å². The van der Waals surface area contributed by atoms with Crippen LogP contribution in [0.3, 0.4) is 0 Å². The highest BCUT2D eigenvalue weighted by atomic mass is 16.5. The van der Waals surface area contributed by atoms with Crippen LogP contribution in [0.25, 0.3) is 0 Å². The number of nitrogens with one attached hydrogen (secondary N) is 1. The fraction of sp³-hybridized carbons (Fsp3) is 0.400. The van der Waals surface area contributed by atoms with Gasteiger partial charge in [-0.05, 0) is 26.0 Å². The third-order valence-corrected chi connectivity index (χ3v) is 3.25. The number of aromatic nitrogens is 2. The Balaban J connectivity index is 2.17. The molecule has 0 aliphatic rings. The topological polar surface area (TPSA) is 48.3 Å². The molecule has 2 aromatic rings. The SMILES string of the molecule is CCn1cc(NC(C)c2ccc(OC)cc2OC)cn1. The van der Waals surface area contributed by atoms with E-state index >= 15 is 0 Å². The molecule has 1 atom stereocenters. The number of nitrogens with zero attached hydrogens (tertiary/aromatic N) is 2. The van der Waals surface area contributed by atoms with Crippen LogP contribution < -0.4 is 14.8 Å². The zero-order valence-corrected chi connectivity index (χ0v) is 12.4. The molecule has 1 heterocycles. The molecule has 20 heavy (non-hydrogen) atoms. The predicted molar refractivity (Wildman–Crippen MR) is 79.5 cm³/mol. The lowest BCUT2D eigenvalue weighted by molar-refractivity contribution is 0.390. The van der Waals surface area contributed by atoms with E-state index in [2.05, 4.69) is 24.3 Å². The third kappa shape index (κ3) is 3.04. The van der Waals surface area contributed by atoms with Crippen LogP contribution in [-0.2, 0) is 6.54 Å². The number of aryl methyl sites for hydroxylation is 1. The van der Waals surface area contributed by atoms with Gasteiger partial charge in [0.1, 0.15) is 11.5 Å². The lowest BCUT2D eigenvalue weighted by Crippen LogP contribution is -2.08. The minimum absolute atomic E-state index is 0.116. The smallest absolute Gasteiger partial charge is 0.127 e. The van der Waals surface area contributed by atoms with Gasteiger partial charge in [0, 0.05) is 24.4 Å². The molecule has 2 rings (SSSR count). The third-order valence-electron chi connectivity index (χ3n) is 3.25. The minimum atomic E-state index is 0.116. The molecule has 5 nitrogen and oxygen atoms in total. The Bertz CT molecular complexity index is 566. The van der Waals surface area contributed by atoms with E-state index in [-0.39, 0.29) is 6.04 Å². The van der Waals surface area contributed by atoms with E-state index in [1.807, 2.05) is 35.3 Å². The monoisotopic (exact) mass is 275 g/mol. The molecule has 5 heteroatoms. The molecular formula is C15H21N3O2. The molecular weight excluding hydrogens is 254 g/mol. The van der Waals surface area contributed by atoms with E-state index in [1.165, 1.54) is 0 Å². The van der Waals surface area contributed by atoms with Gasteiger partial charge in [0.15, 0.2) is 0 Å². The summed E-state index contributed by atoms with van der Waals surface area (Å²) in [6, 6.07) is 5.96. The Morgan fingerprint density at radius 1 is 1.30 bits per heavy atom. The van der Waals surface area contributed by atoms with Gasteiger partial charge in [0.2, 0.25) is 0 Å². The van der Waals surface area contributed by atoms with E-state index in [4.69, 9.17) is 9.47 Å². The highest BCUT2D eigenvalue weighted by Gasteiger charge is 2.13. The lowest BCUT2D eigenvalue weighted by Gasteiger charge is -2.18. The molecule has 0 aliphatic heterocycles. The van der Waals surface area contributed by atoms with Crippen LogP contribution >= 0.6 is 0 Å². The van der Waals surface area contributed by atoms with Crippen LogP contribution in [-0.4, -0.2) is 24.0 Å². The van der Waals surface area contributed by atoms with Crippen LogP contribution in [0, 0.1) is 0 Å². The summed E-state index contributed by atoms with van der Waals surface area (Å²) in [7, 11) is 3.31. The average Bonchev–Trinajstić information content (AvgIpc) is 2.94. The van der Waals surface area contributed by atoms with Crippen molar-refractivity contribution in [2.24, 2.45) is 0 Å². The first kappa shape index (κ1) is 14.2. The molecule has 0 aliphatic carbocycles. The molecule has 1 unspecified atom stereocenters. The minimum Gasteiger partial charge on any atom is -0.497 e. The van der Waals surface area contributed by atoms with Crippen molar-refractivity contribution in [3.8, 4) is 11.5 Å². The normalized spacial score (nSPS) is 12.0. The van der Waals surface area contributed by atoms with E-state index in [9.17, 15) is 0 Å². The summed E-state index contributed by atoms with van der Waals surface area (Å²) < 4.78 is 12.5. The predicted octanol–water partition coefficient (Wildman–Crippen LogP) is 3.09. The second-order valence-corrected chi connectivity index (χ2v) is 4.56. The number of anilines is 1. The van der Waals surface area contributed by atoms with Crippen molar-refractivity contribution in [3.05, 3.63) is 36.2 Å². The van der Waals surface area contributed by atoms with E-state index in [1.54, 1.807) is 14.2 Å². The van der Waals surface area contributed by atoms with E-state index in [0.717, 1.165) is 29.3 Å². The van der Waals surface area contributed by atoms with Gasteiger partial charge in [0.05, 0.1) is 32.1 Å². The molecule has 0 saturated carbocycles. The van der Waals surface area contributed by atoms with Crippen molar-refractivity contribution in [1.82, 2.24) is 9.78 Å². The fourth-order valence-electron chi connectivity index (χ4n) is 2.11. The average molecular weight is 275 g/mol. The summed E-state index contributed by atoms with van der Waals surface area (Å²) in [4.78, 5) is 0. The molecule has 0 fully saturated rings. The van der Waals surface area contributed by atoms with Crippen LogP contribution in [0.2, 0.25) is 0 Å². The maximum absolute atomic E-state index is 5.43. The molecule has 108 valence electrons. The molecule has 0 spiro atoms. The van der Waals surface area contributed by atoms with Gasteiger partial charge in [-0.25, -0.2) is 0 Å². The van der Waals surface area contributed by atoms with Crippen molar-refractivity contribution in [2.75, 3.05) is 19.5 Å². The largest absolute Gasteiger partial charge is 0.497 e. The number of ether oxygens (including phenoxy) is 2. The number of hydrogen-bond acceptors (Lipinski definition) is 4. The van der Waals surface area contributed by atoms with Gasteiger partial charge in [0.25, 0.3) is 0 Å². The zero-order chi connectivity index (χ0) is 14.5. The number of benzene rings is 1.